The van der Waals surface area contributed by atoms with Crippen LogP contribution in [0.2, 0.25) is 0 Å². The van der Waals surface area contributed by atoms with E-state index in [0.717, 1.165) is 17.0 Å². The van der Waals surface area contributed by atoms with Gasteiger partial charge in [-0.25, -0.2) is 4.39 Å². The first-order valence-corrected chi connectivity index (χ1v) is 11.2. The standard InChI is InChI=1S/C23H18F4N4O3S/c24-19-16(4-2-12(9-28)18(19)23(25,26)27)30-20(33)22(6-1-7-22)31(21(30)35)13-3-5-17-15(8-13)29-10-14(11-32)34-17/h2-5,8,14,29,32H,1,6-7,10-11H2. The third-order valence-corrected chi connectivity index (χ3v) is 6.96. The minimum absolute atomic E-state index is 0.156. The van der Waals surface area contributed by atoms with Crippen molar-refractivity contribution in [1.82, 2.24) is 0 Å². The van der Waals surface area contributed by atoms with Crippen molar-refractivity contribution in [2.45, 2.75) is 37.1 Å². The molecule has 2 N–H and O–H groups in total. The molecule has 7 nitrogen and oxygen atoms in total. The zero-order valence-corrected chi connectivity index (χ0v) is 18.8. The van der Waals surface area contributed by atoms with Gasteiger partial charge in [0, 0.05) is 5.69 Å². The van der Waals surface area contributed by atoms with Crippen molar-refractivity contribution in [1.29, 1.82) is 5.26 Å². The molecule has 1 saturated carbocycles. The van der Waals surface area contributed by atoms with Crippen LogP contribution in [0.25, 0.3) is 0 Å². The number of ether oxygens (including phenoxy) is 1. The molecule has 182 valence electrons. The molecule has 2 heterocycles. The molecule has 1 saturated heterocycles. The zero-order chi connectivity index (χ0) is 25.1. The summed E-state index contributed by atoms with van der Waals surface area (Å²) in [5.41, 5.74) is -3.32. The molecule has 0 bridgehead atoms. The molecule has 2 aliphatic heterocycles. The van der Waals surface area contributed by atoms with Gasteiger partial charge in [-0.05, 0) is 61.8 Å². The highest BCUT2D eigenvalue weighted by molar-refractivity contribution is 7.81. The van der Waals surface area contributed by atoms with Gasteiger partial charge in [-0.2, -0.15) is 18.4 Å². The molecule has 3 aliphatic rings. The highest BCUT2D eigenvalue weighted by Crippen LogP contribution is 2.50. The number of amides is 1. The fourth-order valence-corrected chi connectivity index (χ4v) is 5.21. The number of thiocarbonyl (C=S) groups is 1. The average molecular weight is 506 g/mol. The van der Waals surface area contributed by atoms with Crippen LogP contribution in [0.5, 0.6) is 5.75 Å². The van der Waals surface area contributed by atoms with Gasteiger partial charge in [0.2, 0.25) is 0 Å². The summed E-state index contributed by atoms with van der Waals surface area (Å²) in [6, 6.07) is 8.16. The van der Waals surface area contributed by atoms with Crippen LogP contribution in [-0.4, -0.2) is 40.9 Å². The van der Waals surface area contributed by atoms with E-state index in [-0.39, 0.29) is 11.7 Å². The number of rotatable bonds is 3. The average Bonchev–Trinajstić information content (AvgIpc) is 3.04. The van der Waals surface area contributed by atoms with Gasteiger partial charge in [0.15, 0.2) is 10.9 Å². The monoisotopic (exact) mass is 506 g/mol. The second-order valence-corrected chi connectivity index (χ2v) is 8.92. The molecule has 1 atom stereocenters. The predicted octanol–water partition coefficient (Wildman–Crippen LogP) is 3.94. The van der Waals surface area contributed by atoms with E-state index in [2.05, 4.69) is 5.32 Å². The Kier molecular flexibility index (Phi) is 5.37. The van der Waals surface area contributed by atoms with Crippen molar-refractivity contribution < 1.29 is 32.2 Å². The number of nitrogens with zero attached hydrogens (tertiary/aromatic N) is 3. The van der Waals surface area contributed by atoms with Crippen LogP contribution < -0.4 is 19.9 Å². The van der Waals surface area contributed by atoms with Crippen molar-refractivity contribution in [2.24, 2.45) is 0 Å². The summed E-state index contributed by atoms with van der Waals surface area (Å²) >= 11 is 5.54. The van der Waals surface area contributed by atoms with Crippen molar-refractivity contribution in [3.8, 4) is 11.8 Å². The minimum Gasteiger partial charge on any atom is -0.484 e. The molecule has 35 heavy (non-hydrogen) atoms. The molecule has 5 rings (SSSR count). The van der Waals surface area contributed by atoms with E-state index in [0.29, 0.717) is 42.9 Å². The van der Waals surface area contributed by atoms with Crippen LogP contribution in [0.1, 0.15) is 30.4 Å². The lowest BCUT2D eigenvalue weighted by Gasteiger charge is -2.43. The van der Waals surface area contributed by atoms with Gasteiger partial charge < -0.3 is 20.1 Å². The molecule has 2 fully saturated rings. The van der Waals surface area contributed by atoms with Crippen molar-refractivity contribution in [3.63, 3.8) is 0 Å². The van der Waals surface area contributed by atoms with Crippen LogP contribution in [0, 0.1) is 17.1 Å². The fraction of sp³-hybridized carbons (Fsp3) is 0.348. The molecule has 0 aromatic heterocycles. The Labute approximate surface area is 202 Å². The van der Waals surface area contributed by atoms with Gasteiger partial charge in [0.1, 0.15) is 23.0 Å². The zero-order valence-electron chi connectivity index (χ0n) is 18.0. The molecule has 1 spiro atoms. The van der Waals surface area contributed by atoms with Gasteiger partial charge in [0.05, 0.1) is 36.2 Å². The number of alkyl halides is 3. The van der Waals surface area contributed by atoms with Crippen LogP contribution in [0.4, 0.5) is 34.6 Å². The van der Waals surface area contributed by atoms with E-state index in [1.807, 2.05) is 0 Å². The molecule has 1 amide bonds. The van der Waals surface area contributed by atoms with E-state index in [1.165, 1.54) is 6.07 Å². The number of fused-ring (bicyclic) bond motifs is 1. The number of benzene rings is 2. The Morgan fingerprint density at radius 2 is 2.03 bits per heavy atom. The van der Waals surface area contributed by atoms with E-state index >= 15 is 4.39 Å². The fourth-order valence-electron chi connectivity index (χ4n) is 4.75. The Hall–Kier alpha value is -3.43. The van der Waals surface area contributed by atoms with Crippen LogP contribution in [0.15, 0.2) is 30.3 Å². The van der Waals surface area contributed by atoms with E-state index in [9.17, 15) is 23.1 Å². The number of halogens is 4. The second-order valence-electron chi connectivity index (χ2n) is 8.56. The molecular formula is C23H18F4N4O3S. The predicted molar refractivity (Wildman–Crippen MR) is 122 cm³/mol. The summed E-state index contributed by atoms with van der Waals surface area (Å²) in [6.07, 6.45) is -4.09. The first-order valence-electron chi connectivity index (χ1n) is 10.8. The number of nitrogens with one attached hydrogen (secondary N) is 1. The number of carbonyl (C=O) groups is 1. The number of aliphatic hydroxyl groups excluding tert-OH is 1. The SMILES string of the molecule is N#Cc1ccc(N2C(=O)C3(CCC3)N(c3ccc4c(c3)NCC(CO)O4)C2=S)c(F)c1C(F)(F)F. The Morgan fingerprint density at radius 1 is 1.29 bits per heavy atom. The number of hydrogen-bond acceptors (Lipinski definition) is 6. The van der Waals surface area contributed by atoms with Crippen LogP contribution in [0.3, 0.4) is 0 Å². The van der Waals surface area contributed by atoms with Crippen molar-refractivity contribution in [3.05, 3.63) is 47.3 Å². The maximum atomic E-state index is 15.2. The van der Waals surface area contributed by atoms with Gasteiger partial charge in [-0.15, -0.1) is 0 Å². The highest BCUT2D eigenvalue weighted by atomic mass is 32.1. The largest absolute Gasteiger partial charge is 0.484 e. The van der Waals surface area contributed by atoms with Crippen LogP contribution in [-0.2, 0) is 11.0 Å². The van der Waals surface area contributed by atoms with Gasteiger partial charge in [0.25, 0.3) is 5.91 Å². The van der Waals surface area contributed by atoms with Gasteiger partial charge >= 0.3 is 6.18 Å². The van der Waals surface area contributed by atoms with E-state index in [4.69, 9.17) is 22.2 Å². The molecule has 2 aromatic rings. The summed E-state index contributed by atoms with van der Waals surface area (Å²) in [5, 5.41) is 21.4. The normalized spacial score (nSPS) is 20.7. The molecule has 1 unspecified atom stereocenters. The summed E-state index contributed by atoms with van der Waals surface area (Å²) in [6.45, 7) is 0.178. The summed E-state index contributed by atoms with van der Waals surface area (Å²) in [5.74, 6) is -1.85. The second kappa shape index (κ2) is 8.07. The summed E-state index contributed by atoms with van der Waals surface area (Å²) in [7, 11) is 0. The number of hydrogen-bond donors (Lipinski definition) is 2. The minimum atomic E-state index is -5.14. The highest BCUT2D eigenvalue weighted by Gasteiger charge is 2.60. The molecule has 2 aromatic carbocycles. The first kappa shape index (κ1) is 23.3. The molecule has 12 heteroatoms. The molecule has 1 aliphatic carbocycles. The third kappa shape index (κ3) is 3.41. The smallest absolute Gasteiger partial charge is 0.420 e. The Bertz CT molecular complexity index is 1290. The van der Waals surface area contributed by atoms with Crippen molar-refractivity contribution >= 4 is 40.3 Å². The summed E-state index contributed by atoms with van der Waals surface area (Å²) < 4.78 is 61.6. The van der Waals surface area contributed by atoms with E-state index < -0.39 is 46.4 Å². The number of aliphatic hydroxyl groups is 1. The maximum absolute atomic E-state index is 15.2. The molecular weight excluding hydrogens is 488 g/mol. The summed E-state index contributed by atoms with van der Waals surface area (Å²) in [4.78, 5) is 15.9. The Morgan fingerprint density at radius 3 is 2.63 bits per heavy atom. The van der Waals surface area contributed by atoms with Gasteiger partial charge in [-0.3, -0.25) is 9.69 Å². The lowest BCUT2D eigenvalue weighted by Crippen LogP contribution is -2.55. The lowest BCUT2D eigenvalue weighted by molar-refractivity contribution is -0.140. The van der Waals surface area contributed by atoms with E-state index in [1.54, 1.807) is 23.1 Å². The third-order valence-electron chi connectivity index (χ3n) is 6.60. The van der Waals surface area contributed by atoms with Gasteiger partial charge in [-0.1, -0.05) is 0 Å². The number of nitriles is 1. The van der Waals surface area contributed by atoms with Crippen LogP contribution >= 0.6 is 12.2 Å². The Balaban J connectivity index is 1.59. The topological polar surface area (TPSA) is 88.8 Å². The maximum Gasteiger partial charge on any atom is 0.420 e. The first-order chi connectivity index (χ1) is 16.6. The number of anilines is 3. The van der Waals surface area contributed by atoms with Crippen molar-refractivity contribution in [2.75, 3.05) is 28.3 Å². The number of carbonyl (C=O) groups excluding carboxylic acids is 1. The quantitative estimate of drug-likeness (QED) is 0.482. The molecule has 0 radical (unpaired) electrons. The lowest BCUT2D eigenvalue weighted by atomic mass is 9.75.